The normalized spacial score (nSPS) is 20.6. The highest BCUT2D eigenvalue weighted by Crippen LogP contribution is 2.35. The van der Waals surface area contributed by atoms with Gasteiger partial charge in [-0.05, 0) is 56.0 Å². The molecule has 2 aromatic carbocycles. The number of anilines is 1. The molecule has 0 spiro atoms. The first kappa shape index (κ1) is 21.7. The number of aryl methyl sites for hydroxylation is 1. The number of nitrogens with zero attached hydrogens (tertiary/aromatic N) is 2. The Morgan fingerprint density at radius 3 is 2.81 bits per heavy atom. The van der Waals surface area contributed by atoms with Crippen molar-refractivity contribution < 1.29 is 14.3 Å². The average molecular weight is 486 g/mol. The Kier molecular flexibility index (Phi) is 6.51. The first-order chi connectivity index (χ1) is 14.9. The molecule has 0 aliphatic carbocycles. The van der Waals surface area contributed by atoms with Crippen LogP contribution in [0.2, 0.25) is 0 Å². The number of halogens is 1. The van der Waals surface area contributed by atoms with Crippen LogP contribution < -0.4 is 15.0 Å². The summed E-state index contributed by atoms with van der Waals surface area (Å²) in [6.45, 7) is 6.06. The molecule has 4 rings (SSSR count). The van der Waals surface area contributed by atoms with Crippen LogP contribution in [0.5, 0.6) is 5.75 Å². The lowest BCUT2D eigenvalue weighted by molar-refractivity contribution is -0.126. The number of fused-ring (bicyclic) bond motifs is 1. The third-order valence-corrected chi connectivity index (χ3v) is 6.65. The van der Waals surface area contributed by atoms with Crippen LogP contribution in [0, 0.1) is 12.8 Å². The summed E-state index contributed by atoms with van der Waals surface area (Å²) in [4.78, 5) is 29.9. The molecule has 0 aromatic heterocycles. The molecule has 1 N–H and O–H groups in total. The topological polar surface area (TPSA) is 61.9 Å². The molecule has 6 nitrogen and oxygen atoms in total. The zero-order valence-electron chi connectivity index (χ0n) is 17.9. The molecule has 7 heteroatoms. The number of rotatable bonds is 3. The Balaban J connectivity index is 1.43. The molecule has 0 unspecified atom stereocenters. The fourth-order valence-corrected chi connectivity index (χ4v) is 4.66. The van der Waals surface area contributed by atoms with Crippen LogP contribution in [0.1, 0.15) is 30.9 Å². The maximum absolute atomic E-state index is 13.4. The van der Waals surface area contributed by atoms with Crippen LogP contribution in [-0.4, -0.2) is 42.6 Å². The molecule has 2 aromatic rings. The van der Waals surface area contributed by atoms with Crippen molar-refractivity contribution in [3.63, 3.8) is 0 Å². The van der Waals surface area contributed by atoms with Crippen molar-refractivity contribution in [3.8, 4) is 5.75 Å². The standard InChI is InChI=1S/C24H28BrN3O3/c1-16-9-10-22-21(12-16)28(14-17(2)31-22)24(30)27-11-5-7-19(15-27)23(29)26-13-18-6-3-4-8-20(18)25/h3-4,6,8-10,12,17,19H,5,7,11,13-15H2,1-2H3,(H,26,29)/t17-,19-/m1/s1. The second-order valence-electron chi connectivity index (χ2n) is 8.39. The van der Waals surface area contributed by atoms with Crippen LogP contribution in [0.4, 0.5) is 10.5 Å². The van der Waals surface area contributed by atoms with Gasteiger partial charge in [0.2, 0.25) is 5.91 Å². The first-order valence-electron chi connectivity index (χ1n) is 10.8. The van der Waals surface area contributed by atoms with Gasteiger partial charge in [-0.1, -0.05) is 40.2 Å². The summed E-state index contributed by atoms with van der Waals surface area (Å²) < 4.78 is 6.90. The predicted molar refractivity (Wildman–Crippen MR) is 124 cm³/mol. The summed E-state index contributed by atoms with van der Waals surface area (Å²) in [7, 11) is 0. The van der Waals surface area contributed by atoms with Crippen LogP contribution in [-0.2, 0) is 11.3 Å². The summed E-state index contributed by atoms with van der Waals surface area (Å²) in [6.07, 6.45) is 1.53. The third kappa shape index (κ3) is 4.87. The Morgan fingerprint density at radius 1 is 1.19 bits per heavy atom. The van der Waals surface area contributed by atoms with Gasteiger partial charge in [0.05, 0.1) is 18.2 Å². The fraction of sp³-hybridized carbons (Fsp3) is 0.417. The highest BCUT2D eigenvalue weighted by molar-refractivity contribution is 9.10. The molecule has 1 fully saturated rings. The van der Waals surface area contributed by atoms with E-state index >= 15 is 0 Å². The molecule has 2 aliphatic heterocycles. The van der Waals surface area contributed by atoms with Gasteiger partial charge in [0.15, 0.2) is 0 Å². The number of nitrogens with one attached hydrogen (secondary N) is 1. The molecule has 2 heterocycles. The van der Waals surface area contributed by atoms with Crippen molar-refractivity contribution >= 4 is 33.6 Å². The van der Waals surface area contributed by atoms with E-state index < -0.39 is 0 Å². The van der Waals surface area contributed by atoms with Crippen molar-refractivity contribution in [1.29, 1.82) is 0 Å². The summed E-state index contributed by atoms with van der Waals surface area (Å²) in [5.41, 5.74) is 2.93. The molecule has 0 radical (unpaired) electrons. The average Bonchev–Trinajstić information content (AvgIpc) is 2.77. The van der Waals surface area contributed by atoms with Crippen LogP contribution >= 0.6 is 15.9 Å². The zero-order valence-corrected chi connectivity index (χ0v) is 19.5. The number of likely N-dealkylation sites (tertiary alicyclic amines) is 1. The summed E-state index contributed by atoms with van der Waals surface area (Å²) in [6, 6.07) is 13.7. The van der Waals surface area contributed by atoms with Gasteiger partial charge < -0.3 is 15.0 Å². The highest BCUT2D eigenvalue weighted by Gasteiger charge is 2.34. The van der Waals surface area contributed by atoms with Crippen molar-refractivity contribution in [2.75, 3.05) is 24.5 Å². The lowest BCUT2D eigenvalue weighted by Gasteiger charge is -2.39. The zero-order chi connectivity index (χ0) is 22.0. The van der Waals surface area contributed by atoms with E-state index in [4.69, 9.17) is 4.74 Å². The number of hydrogen-bond donors (Lipinski definition) is 1. The summed E-state index contributed by atoms with van der Waals surface area (Å²) in [5.74, 6) is 0.535. The van der Waals surface area contributed by atoms with Gasteiger partial charge in [0, 0.05) is 24.1 Å². The minimum atomic E-state index is -0.198. The molecule has 31 heavy (non-hydrogen) atoms. The van der Waals surface area contributed by atoms with E-state index in [1.54, 1.807) is 4.90 Å². The number of urea groups is 1. The lowest BCUT2D eigenvalue weighted by Crippen LogP contribution is -2.53. The predicted octanol–water partition coefficient (Wildman–Crippen LogP) is 4.49. The summed E-state index contributed by atoms with van der Waals surface area (Å²) in [5, 5.41) is 3.04. The Bertz CT molecular complexity index is 980. The highest BCUT2D eigenvalue weighted by atomic mass is 79.9. The van der Waals surface area contributed by atoms with Gasteiger partial charge in [-0.2, -0.15) is 0 Å². The fourth-order valence-electron chi connectivity index (χ4n) is 4.23. The van der Waals surface area contributed by atoms with E-state index in [1.165, 1.54) is 0 Å². The third-order valence-electron chi connectivity index (χ3n) is 5.88. The maximum atomic E-state index is 13.4. The number of ether oxygens (including phenoxy) is 1. The number of amides is 3. The van der Waals surface area contributed by atoms with E-state index in [-0.39, 0.29) is 24.0 Å². The molecule has 164 valence electrons. The molecule has 2 atom stereocenters. The molecule has 0 bridgehead atoms. The van der Waals surface area contributed by atoms with Gasteiger partial charge in [-0.3, -0.25) is 9.69 Å². The minimum Gasteiger partial charge on any atom is -0.487 e. The van der Waals surface area contributed by atoms with Crippen LogP contribution in [0.3, 0.4) is 0 Å². The van der Waals surface area contributed by atoms with Crippen LogP contribution in [0.25, 0.3) is 0 Å². The van der Waals surface area contributed by atoms with E-state index in [1.807, 2.05) is 61.2 Å². The van der Waals surface area contributed by atoms with Gasteiger partial charge >= 0.3 is 6.03 Å². The van der Waals surface area contributed by atoms with Gasteiger partial charge in [0.1, 0.15) is 11.9 Å². The molecule has 2 aliphatic rings. The number of hydrogen-bond acceptors (Lipinski definition) is 3. The van der Waals surface area contributed by atoms with Crippen molar-refractivity contribution in [1.82, 2.24) is 10.2 Å². The first-order valence-corrected chi connectivity index (χ1v) is 11.6. The van der Waals surface area contributed by atoms with E-state index in [0.29, 0.717) is 26.2 Å². The van der Waals surface area contributed by atoms with Gasteiger partial charge in [-0.25, -0.2) is 4.79 Å². The molecular formula is C24H28BrN3O3. The molecular weight excluding hydrogens is 458 g/mol. The quantitative estimate of drug-likeness (QED) is 0.696. The van der Waals surface area contributed by atoms with E-state index in [2.05, 4.69) is 21.2 Å². The van der Waals surface area contributed by atoms with Crippen LogP contribution in [0.15, 0.2) is 46.9 Å². The smallest absolute Gasteiger partial charge is 0.324 e. The van der Waals surface area contributed by atoms with Crippen molar-refractivity contribution in [2.24, 2.45) is 5.92 Å². The largest absolute Gasteiger partial charge is 0.487 e. The van der Waals surface area contributed by atoms with Gasteiger partial charge in [-0.15, -0.1) is 0 Å². The Labute approximate surface area is 191 Å². The number of carbonyl (C=O) groups excluding carboxylic acids is 2. The molecule has 1 saturated heterocycles. The maximum Gasteiger partial charge on any atom is 0.324 e. The summed E-state index contributed by atoms with van der Waals surface area (Å²) >= 11 is 3.52. The van der Waals surface area contributed by atoms with E-state index in [9.17, 15) is 9.59 Å². The number of carbonyl (C=O) groups is 2. The minimum absolute atomic E-state index is 0.000145. The Morgan fingerprint density at radius 2 is 2.00 bits per heavy atom. The SMILES string of the molecule is Cc1ccc2c(c1)N(C(=O)N1CCC[C@@H](C(=O)NCc3ccccc3Br)C1)C[C@@H](C)O2. The lowest BCUT2D eigenvalue weighted by atomic mass is 9.97. The molecule has 0 saturated carbocycles. The monoisotopic (exact) mass is 485 g/mol. The van der Waals surface area contributed by atoms with Crippen molar-refractivity contribution in [3.05, 3.63) is 58.1 Å². The Hall–Kier alpha value is -2.54. The van der Waals surface area contributed by atoms with Crippen molar-refractivity contribution in [2.45, 2.75) is 39.3 Å². The van der Waals surface area contributed by atoms with E-state index in [0.717, 1.165) is 39.9 Å². The van der Waals surface area contributed by atoms with Gasteiger partial charge in [0.25, 0.3) is 0 Å². The second kappa shape index (κ2) is 9.30. The second-order valence-corrected chi connectivity index (χ2v) is 9.24. The number of piperidine rings is 1. The number of benzene rings is 2. The molecule has 3 amide bonds.